The van der Waals surface area contributed by atoms with Crippen molar-refractivity contribution in [2.75, 3.05) is 5.32 Å². The van der Waals surface area contributed by atoms with Gasteiger partial charge in [0.2, 0.25) is 0 Å². The van der Waals surface area contributed by atoms with Gasteiger partial charge in [-0.05, 0) is 54.4 Å². The van der Waals surface area contributed by atoms with Gasteiger partial charge < -0.3 is 5.32 Å². The first-order valence-corrected chi connectivity index (χ1v) is 9.63. The topological polar surface area (TPSA) is 85.8 Å². The minimum atomic E-state index is 0.635. The van der Waals surface area contributed by atoms with E-state index in [1.165, 1.54) is 0 Å². The molecule has 30 heavy (non-hydrogen) atoms. The van der Waals surface area contributed by atoms with Crippen molar-refractivity contribution in [1.29, 1.82) is 0 Å². The predicted octanol–water partition coefficient (Wildman–Crippen LogP) is 3.56. The van der Waals surface area contributed by atoms with Crippen molar-refractivity contribution < 1.29 is 0 Å². The molecule has 0 amide bonds. The Morgan fingerprint density at radius 1 is 0.967 bits per heavy atom. The van der Waals surface area contributed by atoms with Crippen molar-refractivity contribution in [3.63, 3.8) is 0 Å². The molecule has 5 aromatic heterocycles. The molecule has 0 aliphatic heterocycles. The van der Waals surface area contributed by atoms with Gasteiger partial charge in [-0.3, -0.25) is 14.1 Å². The molecule has 0 bridgehead atoms. The minimum Gasteiger partial charge on any atom is -0.325 e. The molecule has 0 spiro atoms. The molecule has 0 fully saturated rings. The number of nitrogens with zero attached hydrogens (tertiary/aromatic N) is 7. The summed E-state index contributed by atoms with van der Waals surface area (Å²) in [6, 6.07) is 16.0. The maximum Gasteiger partial charge on any atom is 0.161 e. The van der Waals surface area contributed by atoms with Gasteiger partial charge in [-0.1, -0.05) is 6.07 Å². The van der Waals surface area contributed by atoms with Crippen LogP contribution in [0.1, 0.15) is 17.2 Å². The zero-order valence-corrected chi connectivity index (χ0v) is 16.7. The monoisotopic (exact) mass is 396 g/mol. The van der Waals surface area contributed by atoms with E-state index in [0.717, 1.165) is 45.6 Å². The van der Waals surface area contributed by atoms with Crippen LogP contribution in [-0.4, -0.2) is 34.3 Å². The van der Waals surface area contributed by atoms with Crippen LogP contribution in [0, 0.1) is 6.92 Å². The lowest BCUT2D eigenvalue weighted by molar-refractivity contribution is 0.776. The third-order valence-corrected chi connectivity index (χ3v) is 4.94. The molecule has 8 heteroatoms. The van der Waals surface area contributed by atoms with Crippen molar-refractivity contribution in [1.82, 2.24) is 34.3 Å². The molecule has 148 valence electrons. The van der Waals surface area contributed by atoms with E-state index in [4.69, 9.17) is 0 Å². The Balaban J connectivity index is 1.43. The third kappa shape index (κ3) is 3.50. The summed E-state index contributed by atoms with van der Waals surface area (Å²) in [5.74, 6) is 2.49. The highest BCUT2D eigenvalue weighted by atomic mass is 15.3. The number of aromatic nitrogens is 7. The predicted molar refractivity (Wildman–Crippen MR) is 114 cm³/mol. The standard InChI is InChI=1S/C22H20N8/c1-15-4-3-5-18(25-15)14-22-28-27-21-13-17(8-11-30(21)22)16-6-9-23-19(12-16)26-20-7-10-24-29(20)2/h3-13H,14H2,1-2H3,(H,23,26). The van der Waals surface area contributed by atoms with Gasteiger partial charge in [0.25, 0.3) is 0 Å². The summed E-state index contributed by atoms with van der Waals surface area (Å²) in [6.07, 6.45) is 6.17. The maximum atomic E-state index is 4.57. The number of aryl methyl sites for hydroxylation is 2. The molecule has 0 aliphatic rings. The average molecular weight is 396 g/mol. The third-order valence-electron chi connectivity index (χ3n) is 4.94. The Morgan fingerprint density at radius 3 is 2.70 bits per heavy atom. The SMILES string of the molecule is Cc1cccc(Cc2nnc3cc(-c4ccnc(Nc5ccnn5C)c4)ccn23)n1. The molecule has 5 rings (SSSR count). The van der Waals surface area contributed by atoms with Gasteiger partial charge >= 0.3 is 0 Å². The second-order valence-electron chi connectivity index (χ2n) is 7.10. The van der Waals surface area contributed by atoms with E-state index in [0.29, 0.717) is 6.42 Å². The summed E-state index contributed by atoms with van der Waals surface area (Å²) < 4.78 is 3.77. The molecule has 5 heterocycles. The molecule has 0 aromatic carbocycles. The fourth-order valence-corrected chi connectivity index (χ4v) is 3.41. The van der Waals surface area contributed by atoms with Crippen LogP contribution >= 0.6 is 0 Å². The van der Waals surface area contributed by atoms with Crippen LogP contribution in [-0.2, 0) is 13.5 Å². The Labute approximate surface area is 173 Å². The number of nitrogens with one attached hydrogen (secondary N) is 1. The van der Waals surface area contributed by atoms with Gasteiger partial charge in [0.1, 0.15) is 17.5 Å². The largest absolute Gasteiger partial charge is 0.325 e. The molecule has 0 saturated carbocycles. The Bertz CT molecular complexity index is 1330. The summed E-state index contributed by atoms with van der Waals surface area (Å²) in [5.41, 5.74) is 4.87. The highest BCUT2D eigenvalue weighted by molar-refractivity contribution is 5.70. The lowest BCUT2D eigenvalue weighted by Gasteiger charge is -2.08. The van der Waals surface area contributed by atoms with Crippen molar-refractivity contribution in [2.24, 2.45) is 7.05 Å². The van der Waals surface area contributed by atoms with Crippen LogP contribution in [0.25, 0.3) is 16.8 Å². The maximum absolute atomic E-state index is 4.57. The van der Waals surface area contributed by atoms with E-state index < -0.39 is 0 Å². The van der Waals surface area contributed by atoms with Crippen molar-refractivity contribution in [3.8, 4) is 11.1 Å². The highest BCUT2D eigenvalue weighted by Gasteiger charge is 2.10. The van der Waals surface area contributed by atoms with E-state index >= 15 is 0 Å². The minimum absolute atomic E-state index is 0.635. The molecule has 0 radical (unpaired) electrons. The zero-order valence-electron chi connectivity index (χ0n) is 16.7. The molecule has 1 N–H and O–H groups in total. The smallest absolute Gasteiger partial charge is 0.161 e. The van der Waals surface area contributed by atoms with Crippen molar-refractivity contribution in [3.05, 3.63) is 84.3 Å². The van der Waals surface area contributed by atoms with Crippen LogP contribution in [0.2, 0.25) is 0 Å². The first-order valence-electron chi connectivity index (χ1n) is 9.63. The van der Waals surface area contributed by atoms with Crippen LogP contribution in [0.3, 0.4) is 0 Å². The highest BCUT2D eigenvalue weighted by Crippen LogP contribution is 2.24. The molecule has 8 nitrogen and oxygen atoms in total. The van der Waals surface area contributed by atoms with Crippen molar-refractivity contribution >= 4 is 17.3 Å². The number of anilines is 2. The fourth-order valence-electron chi connectivity index (χ4n) is 3.41. The molecule has 0 aliphatic carbocycles. The lowest BCUT2D eigenvalue weighted by atomic mass is 10.1. The zero-order chi connectivity index (χ0) is 20.5. The summed E-state index contributed by atoms with van der Waals surface area (Å²) in [7, 11) is 1.88. The Morgan fingerprint density at radius 2 is 1.87 bits per heavy atom. The van der Waals surface area contributed by atoms with Crippen molar-refractivity contribution in [2.45, 2.75) is 13.3 Å². The molecule has 5 aromatic rings. The Kier molecular flexibility index (Phi) is 4.44. The quantitative estimate of drug-likeness (QED) is 0.489. The van der Waals surface area contributed by atoms with Gasteiger partial charge in [-0.15, -0.1) is 10.2 Å². The van der Waals surface area contributed by atoms with Crippen LogP contribution in [0.15, 0.2) is 67.1 Å². The summed E-state index contributed by atoms with van der Waals surface area (Å²) >= 11 is 0. The second-order valence-corrected chi connectivity index (χ2v) is 7.10. The molecule has 0 atom stereocenters. The number of hydrogen-bond donors (Lipinski definition) is 1. The van der Waals surface area contributed by atoms with Gasteiger partial charge in [0.05, 0.1) is 12.6 Å². The normalized spacial score (nSPS) is 11.1. The fraction of sp³-hybridized carbons (Fsp3) is 0.136. The van der Waals surface area contributed by atoms with Gasteiger partial charge in [-0.25, -0.2) is 4.98 Å². The first kappa shape index (κ1) is 18.0. The van der Waals surface area contributed by atoms with E-state index in [9.17, 15) is 0 Å². The number of pyridine rings is 3. The molecular weight excluding hydrogens is 376 g/mol. The summed E-state index contributed by atoms with van der Waals surface area (Å²) in [5, 5.41) is 16.2. The van der Waals surface area contributed by atoms with Crippen LogP contribution in [0.4, 0.5) is 11.6 Å². The summed E-state index contributed by atoms with van der Waals surface area (Å²) in [4.78, 5) is 8.97. The van der Waals surface area contributed by atoms with E-state index in [1.807, 2.05) is 67.0 Å². The van der Waals surface area contributed by atoms with Gasteiger partial charge in [0.15, 0.2) is 5.65 Å². The molecule has 0 unspecified atom stereocenters. The average Bonchev–Trinajstić information content (AvgIpc) is 3.34. The summed E-state index contributed by atoms with van der Waals surface area (Å²) in [6.45, 7) is 1.99. The number of rotatable bonds is 5. The van der Waals surface area contributed by atoms with Gasteiger partial charge in [0, 0.05) is 36.9 Å². The molecule has 0 saturated heterocycles. The van der Waals surface area contributed by atoms with Crippen LogP contribution < -0.4 is 5.32 Å². The van der Waals surface area contributed by atoms with E-state index in [1.54, 1.807) is 17.1 Å². The molecular formula is C22H20N8. The van der Waals surface area contributed by atoms with E-state index in [-0.39, 0.29) is 0 Å². The van der Waals surface area contributed by atoms with Gasteiger partial charge in [-0.2, -0.15) is 5.10 Å². The first-order chi connectivity index (χ1) is 14.7. The lowest BCUT2D eigenvalue weighted by Crippen LogP contribution is -2.00. The number of hydrogen-bond acceptors (Lipinski definition) is 6. The van der Waals surface area contributed by atoms with E-state index in [2.05, 4.69) is 36.6 Å². The van der Waals surface area contributed by atoms with Crippen LogP contribution in [0.5, 0.6) is 0 Å². The number of fused-ring (bicyclic) bond motifs is 1. The second kappa shape index (κ2) is 7.40. The Hall–Kier alpha value is -4.07.